The topological polar surface area (TPSA) is 69.0 Å². The van der Waals surface area contributed by atoms with Gasteiger partial charge in [0.15, 0.2) is 11.5 Å². The van der Waals surface area contributed by atoms with Crippen LogP contribution in [0.4, 0.5) is 0 Å². The van der Waals surface area contributed by atoms with Gasteiger partial charge in [-0.3, -0.25) is 4.90 Å². The average molecular weight is 480 g/mol. The SMILES string of the molecule is CCc1nccn1CCOc1cc(CN2CCC(O)(COc3ccc(C)cc3)CC2)ccc1OC. The third kappa shape index (κ3) is 6.77. The molecule has 2 aromatic carbocycles. The van der Waals surface area contributed by atoms with Crippen molar-refractivity contribution in [3.05, 3.63) is 71.8 Å². The first-order valence-electron chi connectivity index (χ1n) is 12.4. The van der Waals surface area contributed by atoms with Crippen molar-refractivity contribution in [2.45, 2.75) is 51.8 Å². The van der Waals surface area contributed by atoms with Gasteiger partial charge in [-0.15, -0.1) is 0 Å². The number of methoxy groups -OCH3 is 1. The van der Waals surface area contributed by atoms with Gasteiger partial charge < -0.3 is 23.9 Å². The molecule has 1 aliphatic heterocycles. The Balaban J connectivity index is 1.28. The Kier molecular flexibility index (Phi) is 8.31. The maximum absolute atomic E-state index is 11.0. The Morgan fingerprint density at radius 1 is 1.03 bits per heavy atom. The van der Waals surface area contributed by atoms with Gasteiger partial charge in [-0.1, -0.05) is 30.7 Å². The van der Waals surface area contributed by atoms with E-state index in [0.29, 0.717) is 26.1 Å². The fourth-order valence-corrected chi connectivity index (χ4v) is 4.43. The summed E-state index contributed by atoms with van der Waals surface area (Å²) in [5, 5.41) is 11.0. The lowest BCUT2D eigenvalue weighted by molar-refractivity contribution is -0.0537. The van der Waals surface area contributed by atoms with Gasteiger partial charge in [0.05, 0.1) is 13.7 Å². The molecule has 0 amide bonds. The van der Waals surface area contributed by atoms with Crippen molar-refractivity contribution in [3.63, 3.8) is 0 Å². The second-order valence-electron chi connectivity index (χ2n) is 9.33. The van der Waals surface area contributed by atoms with Crippen molar-refractivity contribution in [3.8, 4) is 17.2 Å². The number of nitrogens with zero attached hydrogens (tertiary/aromatic N) is 3. The summed E-state index contributed by atoms with van der Waals surface area (Å²) in [7, 11) is 1.66. The lowest BCUT2D eigenvalue weighted by atomic mass is 9.92. The molecule has 0 aliphatic carbocycles. The lowest BCUT2D eigenvalue weighted by Crippen LogP contribution is -2.47. The normalized spacial score (nSPS) is 15.7. The summed E-state index contributed by atoms with van der Waals surface area (Å²) in [6, 6.07) is 14.1. The van der Waals surface area contributed by atoms with E-state index >= 15 is 0 Å². The number of hydrogen-bond donors (Lipinski definition) is 1. The number of benzene rings is 2. The minimum atomic E-state index is -0.791. The Labute approximate surface area is 208 Å². The first-order chi connectivity index (χ1) is 17.0. The second-order valence-corrected chi connectivity index (χ2v) is 9.33. The number of aromatic nitrogens is 2. The van der Waals surface area contributed by atoms with E-state index in [9.17, 15) is 5.11 Å². The number of piperidine rings is 1. The fourth-order valence-electron chi connectivity index (χ4n) is 4.43. The molecule has 4 rings (SSSR count). The first-order valence-corrected chi connectivity index (χ1v) is 12.4. The molecule has 0 spiro atoms. The summed E-state index contributed by atoms with van der Waals surface area (Å²) in [5.41, 5.74) is 1.57. The third-order valence-electron chi connectivity index (χ3n) is 6.66. The molecule has 35 heavy (non-hydrogen) atoms. The zero-order valence-electron chi connectivity index (χ0n) is 21.1. The van der Waals surface area contributed by atoms with Gasteiger partial charge in [0.25, 0.3) is 0 Å². The molecule has 3 aromatic rings. The Morgan fingerprint density at radius 3 is 2.51 bits per heavy atom. The van der Waals surface area contributed by atoms with Crippen molar-refractivity contribution in [1.82, 2.24) is 14.5 Å². The van der Waals surface area contributed by atoms with Gasteiger partial charge in [-0.05, 0) is 49.6 Å². The van der Waals surface area contributed by atoms with Crippen LogP contribution in [0.5, 0.6) is 17.2 Å². The van der Waals surface area contributed by atoms with Crippen LogP contribution in [0.1, 0.15) is 36.7 Å². The van der Waals surface area contributed by atoms with Gasteiger partial charge in [0.1, 0.15) is 30.4 Å². The predicted octanol–water partition coefficient (Wildman–Crippen LogP) is 4.25. The van der Waals surface area contributed by atoms with Gasteiger partial charge in [-0.2, -0.15) is 0 Å². The van der Waals surface area contributed by atoms with Crippen molar-refractivity contribution in [1.29, 1.82) is 0 Å². The lowest BCUT2D eigenvalue weighted by Gasteiger charge is -2.38. The smallest absolute Gasteiger partial charge is 0.161 e. The van der Waals surface area contributed by atoms with Gasteiger partial charge in [0.2, 0.25) is 0 Å². The first kappa shape index (κ1) is 25.1. The molecule has 0 radical (unpaired) electrons. The van der Waals surface area contributed by atoms with Gasteiger partial charge in [0, 0.05) is 38.4 Å². The van der Waals surface area contributed by atoms with Crippen molar-refractivity contribution in [2.75, 3.05) is 33.4 Å². The molecule has 7 nitrogen and oxygen atoms in total. The molecular weight excluding hydrogens is 442 g/mol. The number of hydrogen-bond acceptors (Lipinski definition) is 6. The molecule has 0 bridgehead atoms. The average Bonchev–Trinajstić information content (AvgIpc) is 3.33. The van der Waals surface area contributed by atoms with Crippen molar-refractivity contribution < 1.29 is 19.3 Å². The maximum Gasteiger partial charge on any atom is 0.161 e. The zero-order valence-corrected chi connectivity index (χ0v) is 21.1. The standard InChI is InChI=1S/C28H37N3O4/c1-4-27-29-13-16-31(27)17-18-34-26-19-23(7-10-25(26)33-3)20-30-14-11-28(32,12-15-30)21-35-24-8-5-22(2)6-9-24/h5-10,13,16,19,32H,4,11-12,14-15,17-18,20-21H2,1-3H3. The van der Waals surface area contributed by atoms with Gasteiger partial charge in [-0.25, -0.2) is 4.98 Å². The minimum absolute atomic E-state index is 0.321. The van der Waals surface area contributed by atoms with Crippen LogP contribution < -0.4 is 14.2 Å². The Morgan fingerprint density at radius 2 is 1.80 bits per heavy atom. The largest absolute Gasteiger partial charge is 0.493 e. The van der Waals surface area contributed by atoms with Crippen LogP contribution in [0, 0.1) is 6.92 Å². The van der Waals surface area contributed by atoms with Crippen LogP contribution in [0.2, 0.25) is 0 Å². The van der Waals surface area contributed by atoms with Crippen LogP contribution in [0.3, 0.4) is 0 Å². The monoisotopic (exact) mass is 479 g/mol. The van der Waals surface area contributed by atoms with Gasteiger partial charge >= 0.3 is 0 Å². The number of ether oxygens (including phenoxy) is 3. The van der Waals surface area contributed by atoms with E-state index in [1.807, 2.05) is 42.7 Å². The predicted molar refractivity (Wildman–Crippen MR) is 136 cm³/mol. The van der Waals surface area contributed by atoms with Crippen LogP contribution in [-0.4, -0.2) is 58.6 Å². The molecule has 1 N–H and O–H groups in total. The highest BCUT2D eigenvalue weighted by Gasteiger charge is 2.33. The van der Waals surface area contributed by atoms with Crippen LogP contribution in [-0.2, 0) is 19.5 Å². The Bertz CT molecular complexity index is 1070. The number of rotatable bonds is 11. The summed E-state index contributed by atoms with van der Waals surface area (Å²) in [4.78, 5) is 6.73. The number of imidazole rings is 1. The molecule has 7 heteroatoms. The molecule has 1 fully saturated rings. The van der Waals surface area contributed by atoms with E-state index in [2.05, 4.69) is 40.4 Å². The van der Waals surface area contributed by atoms with Crippen LogP contribution in [0.15, 0.2) is 54.9 Å². The highest BCUT2D eigenvalue weighted by Crippen LogP contribution is 2.30. The molecule has 0 saturated carbocycles. The van der Waals surface area contributed by atoms with E-state index in [-0.39, 0.29) is 0 Å². The Hall–Kier alpha value is -3.03. The van der Waals surface area contributed by atoms with Crippen molar-refractivity contribution >= 4 is 0 Å². The fraction of sp³-hybridized carbons (Fsp3) is 0.464. The third-order valence-corrected chi connectivity index (χ3v) is 6.66. The highest BCUT2D eigenvalue weighted by atomic mass is 16.5. The zero-order chi connectivity index (χ0) is 24.7. The second kappa shape index (κ2) is 11.6. The van der Waals surface area contributed by atoms with Crippen LogP contribution in [0.25, 0.3) is 0 Å². The molecule has 1 saturated heterocycles. The van der Waals surface area contributed by atoms with E-state index in [0.717, 1.165) is 55.7 Å². The molecule has 1 aromatic heterocycles. The van der Waals surface area contributed by atoms with E-state index in [1.54, 1.807) is 7.11 Å². The molecule has 1 aliphatic rings. The number of aliphatic hydroxyl groups is 1. The van der Waals surface area contributed by atoms with Crippen molar-refractivity contribution in [2.24, 2.45) is 0 Å². The summed E-state index contributed by atoms with van der Waals surface area (Å²) in [6.07, 6.45) is 6.08. The van der Waals surface area contributed by atoms with E-state index in [1.165, 1.54) is 11.1 Å². The maximum atomic E-state index is 11.0. The quantitative estimate of drug-likeness (QED) is 0.444. The highest BCUT2D eigenvalue weighted by molar-refractivity contribution is 5.43. The summed E-state index contributed by atoms with van der Waals surface area (Å²) >= 11 is 0. The molecule has 0 atom stereocenters. The molecule has 2 heterocycles. The van der Waals surface area contributed by atoms with Crippen LogP contribution >= 0.6 is 0 Å². The molecule has 0 unspecified atom stereocenters. The molecular formula is C28H37N3O4. The van der Waals surface area contributed by atoms with E-state index < -0.39 is 5.60 Å². The summed E-state index contributed by atoms with van der Waals surface area (Å²) in [6.45, 7) is 8.19. The molecule has 188 valence electrons. The summed E-state index contributed by atoms with van der Waals surface area (Å²) < 4.78 is 19.6. The minimum Gasteiger partial charge on any atom is -0.493 e. The summed E-state index contributed by atoms with van der Waals surface area (Å²) in [5.74, 6) is 3.35. The number of likely N-dealkylation sites (tertiary alicyclic amines) is 1. The number of aryl methyl sites for hydroxylation is 2. The van der Waals surface area contributed by atoms with E-state index in [4.69, 9.17) is 14.2 Å².